The number of nitrogens with zero attached hydrogens (tertiary/aromatic N) is 5. The van der Waals surface area contributed by atoms with Gasteiger partial charge in [0.05, 0.1) is 45.6 Å². The molecule has 0 amide bonds. The van der Waals surface area contributed by atoms with E-state index < -0.39 is 6.98 Å². The molecule has 11 rings (SSSR count). The first-order chi connectivity index (χ1) is 28.6. The zero-order valence-corrected chi connectivity index (χ0v) is 33.1. The van der Waals surface area contributed by atoms with Crippen molar-refractivity contribution in [2.24, 2.45) is 0 Å². The summed E-state index contributed by atoms with van der Waals surface area (Å²) >= 11 is 0. The van der Waals surface area contributed by atoms with Crippen LogP contribution in [0.25, 0.3) is 65.5 Å². The predicted octanol–water partition coefficient (Wildman–Crippen LogP) is 13.3. The van der Waals surface area contributed by atoms with Crippen LogP contribution in [-0.2, 0) is 10.8 Å². The molecule has 6 aromatic carbocycles. The Hall–Kier alpha value is -6.53. The van der Waals surface area contributed by atoms with E-state index in [2.05, 4.69) is 117 Å². The molecule has 0 aliphatic carbocycles. The maximum absolute atomic E-state index is 8.18. The van der Waals surface area contributed by atoms with E-state index in [1.807, 2.05) is 71.8 Å². The van der Waals surface area contributed by atoms with Crippen LogP contribution < -0.4 is 14.5 Å². The van der Waals surface area contributed by atoms with E-state index in [0.717, 1.165) is 55.1 Å². The zero-order chi connectivity index (χ0) is 41.5. The average molecular weight is 747 g/mol. The lowest BCUT2D eigenvalue weighted by Gasteiger charge is -2.20. The van der Waals surface area contributed by atoms with Crippen molar-refractivity contribution in [1.29, 1.82) is 0 Å². The summed E-state index contributed by atoms with van der Waals surface area (Å²) in [6.45, 7) is 11.7. The third-order valence-corrected chi connectivity index (χ3v) is 12.0. The summed E-state index contributed by atoms with van der Waals surface area (Å²) in [5, 5.41) is 6.96. The van der Waals surface area contributed by atoms with Crippen molar-refractivity contribution in [3.05, 3.63) is 145 Å². The Morgan fingerprint density at radius 2 is 1.28 bits per heavy atom. The fourth-order valence-corrected chi connectivity index (χ4v) is 9.07. The minimum absolute atomic E-state index is 0.00835. The van der Waals surface area contributed by atoms with Crippen molar-refractivity contribution in [2.75, 3.05) is 23.4 Å². The van der Waals surface area contributed by atoms with Crippen LogP contribution in [0.3, 0.4) is 0 Å². The number of ether oxygens (including phenoxy) is 1. The molecule has 0 N–H and O–H groups in total. The molecule has 0 saturated heterocycles. The molecule has 57 heavy (non-hydrogen) atoms. The molecule has 0 fully saturated rings. The molecular formula is C51H45N5O. The quantitative estimate of drug-likeness (QED) is 0.180. The van der Waals surface area contributed by atoms with Crippen molar-refractivity contribution in [2.45, 2.75) is 52.4 Å². The van der Waals surface area contributed by atoms with Crippen LogP contribution in [0.4, 0.5) is 17.1 Å². The molecule has 5 heterocycles. The number of benzene rings is 6. The van der Waals surface area contributed by atoms with Gasteiger partial charge in [-0.05, 0) is 101 Å². The van der Waals surface area contributed by atoms with Crippen LogP contribution in [0.2, 0.25) is 0 Å². The van der Waals surface area contributed by atoms with Gasteiger partial charge in [0.1, 0.15) is 17.1 Å². The largest absolute Gasteiger partial charge is 0.457 e. The van der Waals surface area contributed by atoms with Crippen molar-refractivity contribution in [1.82, 2.24) is 13.8 Å². The van der Waals surface area contributed by atoms with Gasteiger partial charge in [0.25, 0.3) is 0 Å². The van der Waals surface area contributed by atoms with Gasteiger partial charge in [-0.2, -0.15) is 0 Å². The molecular weight excluding hydrogens is 699 g/mol. The molecule has 6 heteroatoms. The minimum Gasteiger partial charge on any atom is -0.457 e. The van der Waals surface area contributed by atoms with Gasteiger partial charge in [0.2, 0.25) is 0 Å². The number of anilines is 3. The summed E-state index contributed by atoms with van der Waals surface area (Å²) in [4.78, 5) is 8.68. The van der Waals surface area contributed by atoms with E-state index in [4.69, 9.17) is 13.8 Å². The monoisotopic (exact) mass is 746 g/mol. The van der Waals surface area contributed by atoms with Gasteiger partial charge in [0.15, 0.2) is 0 Å². The lowest BCUT2D eigenvalue weighted by atomic mass is 9.84. The molecule has 6 nitrogen and oxygen atoms in total. The first-order valence-corrected chi connectivity index (χ1v) is 19.7. The third kappa shape index (κ3) is 4.99. The van der Waals surface area contributed by atoms with Crippen LogP contribution in [-0.4, -0.2) is 27.4 Å². The Balaban J connectivity index is 1.17. The SMILES string of the molecule is [2H]C([2H])([2H])N1CN(c2cccc(Oc3ccc4c5cccc6c5n(c4c3)c3ncccc3c3cc(C(C)(C)C)cc4c5cc(C(C)(C)C)ccc5n6c43)c2)c2ccccc21. The van der Waals surface area contributed by atoms with Crippen LogP contribution in [0.15, 0.2) is 134 Å². The predicted molar refractivity (Wildman–Crippen MR) is 239 cm³/mol. The molecule has 0 spiro atoms. The van der Waals surface area contributed by atoms with Crippen molar-refractivity contribution < 1.29 is 8.85 Å². The lowest BCUT2D eigenvalue weighted by molar-refractivity contribution is 0.483. The highest BCUT2D eigenvalue weighted by atomic mass is 16.5. The molecule has 0 radical (unpaired) electrons. The van der Waals surface area contributed by atoms with E-state index in [9.17, 15) is 0 Å². The summed E-state index contributed by atoms with van der Waals surface area (Å²) in [7, 11) is 0. The molecule has 4 aromatic heterocycles. The molecule has 10 aromatic rings. The molecule has 1 aliphatic rings. The molecule has 1 aliphatic heterocycles. The first-order valence-electron chi connectivity index (χ1n) is 21.2. The average Bonchev–Trinajstić information content (AvgIpc) is 3.87. The highest BCUT2D eigenvalue weighted by Crippen LogP contribution is 2.44. The van der Waals surface area contributed by atoms with Gasteiger partial charge in [-0.15, -0.1) is 0 Å². The Morgan fingerprint density at radius 1 is 0.544 bits per heavy atom. The number of aromatic nitrogens is 3. The van der Waals surface area contributed by atoms with E-state index in [1.165, 1.54) is 37.8 Å². The van der Waals surface area contributed by atoms with Crippen molar-refractivity contribution in [3.8, 4) is 11.5 Å². The topological polar surface area (TPSA) is 37.4 Å². The highest BCUT2D eigenvalue weighted by molar-refractivity contribution is 6.23. The van der Waals surface area contributed by atoms with Crippen molar-refractivity contribution in [3.63, 3.8) is 0 Å². The second kappa shape index (κ2) is 11.7. The van der Waals surface area contributed by atoms with Crippen LogP contribution in [0.5, 0.6) is 11.5 Å². The van der Waals surface area contributed by atoms with E-state index in [0.29, 0.717) is 17.2 Å². The fraction of sp³-hybridized carbons (Fsp3) is 0.196. The summed E-state index contributed by atoms with van der Waals surface area (Å²) in [5.41, 5.74) is 11.3. The number of pyridine rings is 1. The van der Waals surface area contributed by atoms with Gasteiger partial charge in [-0.1, -0.05) is 77.9 Å². The maximum atomic E-state index is 8.18. The zero-order valence-electron chi connectivity index (χ0n) is 36.1. The van der Waals surface area contributed by atoms with Crippen LogP contribution in [0, 0.1) is 0 Å². The maximum Gasteiger partial charge on any atom is 0.145 e. The minimum atomic E-state index is -2.27. The molecule has 280 valence electrons. The number of hydrogen-bond donors (Lipinski definition) is 0. The van der Waals surface area contributed by atoms with E-state index >= 15 is 0 Å². The number of para-hydroxylation sites is 3. The second-order valence-electron chi connectivity index (χ2n) is 17.6. The summed E-state index contributed by atoms with van der Waals surface area (Å²) in [5.74, 6) is 1.34. The summed E-state index contributed by atoms with van der Waals surface area (Å²) in [6, 6.07) is 44.5. The highest BCUT2D eigenvalue weighted by Gasteiger charge is 2.26. The molecule has 0 bridgehead atoms. The Bertz CT molecular complexity index is 3420. The van der Waals surface area contributed by atoms with E-state index in [-0.39, 0.29) is 17.5 Å². The van der Waals surface area contributed by atoms with Gasteiger partial charge < -0.3 is 18.9 Å². The third-order valence-electron chi connectivity index (χ3n) is 12.0. The molecule has 0 saturated carbocycles. The smallest absolute Gasteiger partial charge is 0.145 e. The number of rotatable bonds is 3. The van der Waals surface area contributed by atoms with Gasteiger partial charge in [0, 0.05) is 67.4 Å². The second-order valence-corrected chi connectivity index (χ2v) is 17.6. The standard InChI is InChI=1S/C51H45N5O/c1-50(2,3)31-20-23-42-39(25-31)41-27-32(51(4,5)6)26-40-38-16-12-24-52-49(38)56-46-29-35(21-22-36(46)37-15-11-19-45(48(37)56)55(42)47(40)41)57-34-14-10-13-33(28-34)54-30-53(7)43-17-8-9-18-44(43)54/h8-29H,30H2,1-7H3/i7D3. The Labute approximate surface area is 336 Å². The van der Waals surface area contributed by atoms with Gasteiger partial charge in [-0.3, -0.25) is 4.40 Å². The Morgan fingerprint density at radius 3 is 2.09 bits per heavy atom. The van der Waals surface area contributed by atoms with Crippen LogP contribution in [0.1, 0.15) is 56.8 Å². The normalized spacial score (nSPS) is 14.7. The van der Waals surface area contributed by atoms with Gasteiger partial charge in [-0.25, -0.2) is 4.98 Å². The summed E-state index contributed by atoms with van der Waals surface area (Å²) < 4.78 is 36.1. The van der Waals surface area contributed by atoms with Crippen LogP contribution >= 0.6 is 0 Å². The first kappa shape index (κ1) is 30.7. The summed E-state index contributed by atoms with van der Waals surface area (Å²) in [6.07, 6.45) is 1.90. The molecule has 0 unspecified atom stereocenters. The van der Waals surface area contributed by atoms with Gasteiger partial charge >= 0.3 is 0 Å². The lowest BCUT2D eigenvalue weighted by Crippen LogP contribution is -2.23. The number of fused-ring (bicyclic) bond motifs is 11. The van der Waals surface area contributed by atoms with E-state index in [1.54, 1.807) is 0 Å². The van der Waals surface area contributed by atoms with Crippen molar-refractivity contribution >= 4 is 82.6 Å². The number of hydrogen-bond acceptors (Lipinski definition) is 4. The molecule has 0 atom stereocenters. The fourth-order valence-electron chi connectivity index (χ4n) is 9.07. The Kier molecular flexibility index (Phi) is 6.32.